The summed E-state index contributed by atoms with van der Waals surface area (Å²) in [7, 11) is 4.47. The van der Waals surface area contributed by atoms with Crippen LogP contribution in [-0.2, 0) is 4.74 Å². The lowest BCUT2D eigenvalue weighted by Gasteiger charge is -2.17. The number of methoxy groups -OCH3 is 3. The van der Waals surface area contributed by atoms with Gasteiger partial charge in [0.1, 0.15) is 12.4 Å². The number of carbonyl (C=O) groups is 1. The Bertz CT molecular complexity index is 905. The lowest BCUT2D eigenvalue weighted by molar-refractivity contribution is 0.0682. The van der Waals surface area contributed by atoms with Gasteiger partial charge >= 0.3 is 0 Å². The van der Waals surface area contributed by atoms with E-state index >= 15 is 0 Å². The zero-order valence-corrected chi connectivity index (χ0v) is 18.5. The van der Waals surface area contributed by atoms with Crippen LogP contribution >= 0.6 is 12.2 Å². The molecule has 2 N–H and O–H groups in total. The van der Waals surface area contributed by atoms with Gasteiger partial charge in [0, 0.05) is 12.2 Å². The number of hydrogen-bond acceptors (Lipinski definition) is 7. The number of hydrogen-bond donors (Lipinski definition) is 2. The van der Waals surface area contributed by atoms with Gasteiger partial charge in [0.05, 0.1) is 33.1 Å². The highest BCUT2D eigenvalue weighted by Gasteiger charge is 2.19. The minimum Gasteiger partial charge on any atom is -0.493 e. The highest BCUT2D eigenvalue weighted by Crippen LogP contribution is 2.38. The van der Waals surface area contributed by atoms with Gasteiger partial charge < -0.3 is 29.0 Å². The first-order chi connectivity index (χ1) is 15.0. The number of rotatable bonds is 8. The largest absolute Gasteiger partial charge is 0.493 e. The van der Waals surface area contributed by atoms with Crippen molar-refractivity contribution >= 4 is 28.9 Å². The molecule has 0 saturated carbocycles. The molecule has 0 aliphatic carbocycles. The molecule has 9 heteroatoms. The van der Waals surface area contributed by atoms with Crippen LogP contribution in [0.2, 0.25) is 0 Å². The number of thiocarbonyl (C=S) groups is 1. The smallest absolute Gasteiger partial charge is 0.257 e. The van der Waals surface area contributed by atoms with E-state index in [1.165, 1.54) is 21.3 Å². The summed E-state index contributed by atoms with van der Waals surface area (Å²) in [5, 5.41) is 5.80. The first-order valence-corrected chi connectivity index (χ1v) is 10.2. The van der Waals surface area contributed by atoms with E-state index < -0.39 is 5.91 Å². The van der Waals surface area contributed by atoms with Gasteiger partial charge in [-0.1, -0.05) is 12.1 Å². The summed E-state index contributed by atoms with van der Waals surface area (Å²) < 4.78 is 27.4. The number of anilines is 1. The summed E-state index contributed by atoms with van der Waals surface area (Å²) in [6.07, 6.45) is 2.13. The van der Waals surface area contributed by atoms with Gasteiger partial charge in [-0.3, -0.25) is 10.1 Å². The standard InChI is InChI=1S/C22H26N2O6S/c1-26-18-11-14(12-19(27-2)20(18)28-3)21(25)24-22(31)23-16-8-4-5-9-17(16)30-13-15-7-6-10-29-15/h4-5,8-9,11-12,15H,6-7,10,13H2,1-3H3,(H2,23,24,25,31). The van der Waals surface area contributed by atoms with Crippen LogP contribution in [0.3, 0.4) is 0 Å². The number of amides is 1. The van der Waals surface area contributed by atoms with Crippen molar-refractivity contribution in [2.45, 2.75) is 18.9 Å². The number of benzene rings is 2. The van der Waals surface area contributed by atoms with E-state index in [1.807, 2.05) is 24.3 Å². The van der Waals surface area contributed by atoms with Crippen LogP contribution in [0.5, 0.6) is 23.0 Å². The van der Waals surface area contributed by atoms with E-state index in [0.29, 0.717) is 40.9 Å². The van der Waals surface area contributed by atoms with Crippen molar-refractivity contribution in [1.29, 1.82) is 0 Å². The maximum absolute atomic E-state index is 12.7. The van der Waals surface area contributed by atoms with Gasteiger partial charge in [-0.2, -0.15) is 0 Å². The molecule has 31 heavy (non-hydrogen) atoms. The molecule has 1 fully saturated rings. The monoisotopic (exact) mass is 446 g/mol. The SMILES string of the molecule is COc1cc(C(=O)NC(=S)Nc2ccccc2OCC2CCCO2)cc(OC)c1OC. The van der Waals surface area contributed by atoms with E-state index in [9.17, 15) is 4.79 Å². The molecule has 0 spiro atoms. The summed E-state index contributed by atoms with van der Waals surface area (Å²) in [5.74, 6) is 1.36. The van der Waals surface area contributed by atoms with Gasteiger partial charge in [-0.15, -0.1) is 0 Å². The average Bonchev–Trinajstić information content (AvgIpc) is 3.31. The highest BCUT2D eigenvalue weighted by molar-refractivity contribution is 7.80. The maximum atomic E-state index is 12.7. The van der Waals surface area contributed by atoms with Gasteiger partial charge in [-0.05, 0) is 49.3 Å². The zero-order valence-electron chi connectivity index (χ0n) is 17.7. The number of para-hydroxylation sites is 2. The summed E-state index contributed by atoms with van der Waals surface area (Å²) >= 11 is 5.32. The van der Waals surface area contributed by atoms with Gasteiger partial charge in [-0.25, -0.2) is 0 Å². The van der Waals surface area contributed by atoms with Crippen LogP contribution in [0, 0.1) is 0 Å². The van der Waals surface area contributed by atoms with Crippen molar-refractivity contribution in [3.8, 4) is 23.0 Å². The Morgan fingerprint density at radius 2 is 1.81 bits per heavy atom. The molecule has 3 rings (SSSR count). The molecule has 8 nitrogen and oxygen atoms in total. The summed E-state index contributed by atoms with van der Waals surface area (Å²) in [4.78, 5) is 12.7. The van der Waals surface area contributed by atoms with Gasteiger partial charge in [0.25, 0.3) is 5.91 Å². The third-order valence-electron chi connectivity index (χ3n) is 4.74. The van der Waals surface area contributed by atoms with Crippen molar-refractivity contribution in [2.75, 3.05) is 39.9 Å². The minimum absolute atomic E-state index is 0.0970. The van der Waals surface area contributed by atoms with E-state index in [2.05, 4.69) is 10.6 Å². The predicted molar refractivity (Wildman–Crippen MR) is 121 cm³/mol. The Hall–Kier alpha value is -3.04. The second kappa shape index (κ2) is 10.8. The van der Waals surface area contributed by atoms with Crippen molar-refractivity contribution in [3.63, 3.8) is 0 Å². The molecule has 1 amide bonds. The molecule has 1 saturated heterocycles. The Morgan fingerprint density at radius 3 is 2.42 bits per heavy atom. The van der Waals surface area contributed by atoms with Gasteiger partial charge in [0.15, 0.2) is 16.6 Å². The van der Waals surface area contributed by atoms with Crippen molar-refractivity contribution < 1.29 is 28.5 Å². The number of nitrogens with one attached hydrogen (secondary N) is 2. The third kappa shape index (κ3) is 5.77. The Kier molecular flexibility index (Phi) is 7.91. The molecule has 1 aliphatic heterocycles. The van der Waals surface area contributed by atoms with E-state index in [-0.39, 0.29) is 11.2 Å². The van der Waals surface area contributed by atoms with Crippen LogP contribution in [-0.4, -0.2) is 51.7 Å². The first kappa shape index (κ1) is 22.6. The molecular formula is C22H26N2O6S. The lowest BCUT2D eigenvalue weighted by Crippen LogP contribution is -2.34. The number of carbonyl (C=O) groups excluding carboxylic acids is 1. The third-order valence-corrected chi connectivity index (χ3v) is 4.94. The van der Waals surface area contributed by atoms with Crippen LogP contribution in [0.4, 0.5) is 5.69 Å². The average molecular weight is 447 g/mol. The van der Waals surface area contributed by atoms with Crippen LogP contribution in [0.15, 0.2) is 36.4 Å². The minimum atomic E-state index is -0.422. The molecule has 1 unspecified atom stereocenters. The fraction of sp³-hybridized carbons (Fsp3) is 0.364. The second-order valence-electron chi connectivity index (χ2n) is 6.76. The van der Waals surface area contributed by atoms with Gasteiger partial charge in [0.2, 0.25) is 5.75 Å². The quantitative estimate of drug-likeness (QED) is 0.597. The molecule has 2 aromatic carbocycles. The molecule has 0 radical (unpaired) electrons. The van der Waals surface area contributed by atoms with E-state index in [1.54, 1.807) is 12.1 Å². The topological polar surface area (TPSA) is 87.3 Å². The summed E-state index contributed by atoms with van der Waals surface area (Å²) in [6, 6.07) is 10.5. The Morgan fingerprint density at radius 1 is 1.10 bits per heavy atom. The van der Waals surface area contributed by atoms with Crippen LogP contribution in [0.25, 0.3) is 0 Å². The second-order valence-corrected chi connectivity index (χ2v) is 7.17. The maximum Gasteiger partial charge on any atom is 0.257 e. The molecule has 2 aromatic rings. The highest BCUT2D eigenvalue weighted by atomic mass is 32.1. The van der Waals surface area contributed by atoms with Crippen LogP contribution in [0.1, 0.15) is 23.2 Å². The molecular weight excluding hydrogens is 420 g/mol. The summed E-state index contributed by atoms with van der Waals surface area (Å²) in [5.41, 5.74) is 0.956. The predicted octanol–water partition coefficient (Wildman–Crippen LogP) is 3.40. The summed E-state index contributed by atoms with van der Waals surface area (Å²) in [6.45, 7) is 1.23. The molecule has 1 aliphatic rings. The van der Waals surface area contributed by atoms with Crippen molar-refractivity contribution in [2.24, 2.45) is 0 Å². The normalized spacial score (nSPS) is 15.1. The van der Waals surface area contributed by atoms with Crippen molar-refractivity contribution in [1.82, 2.24) is 5.32 Å². The fourth-order valence-corrected chi connectivity index (χ4v) is 3.40. The Labute approximate surface area is 186 Å². The zero-order chi connectivity index (χ0) is 22.2. The first-order valence-electron chi connectivity index (χ1n) is 9.81. The molecule has 166 valence electrons. The molecule has 1 heterocycles. The lowest BCUT2D eigenvalue weighted by atomic mass is 10.1. The molecule has 0 aromatic heterocycles. The van der Waals surface area contributed by atoms with Crippen LogP contribution < -0.4 is 29.6 Å². The fourth-order valence-electron chi connectivity index (χ4n) is 3.20. The molecule has 0 bridgehead atoms. The number of ether oxygens (including phenoxy) is 5. The van der Waals surface area contributed by atoms with E-state index in [4.69, 9.17) is 35.9 Å². The van der Waals surface area contributed by atoms with E-state index in [0.717, 1.165) is 19.4 Å². The Balaban J connectivity index is 1.66. The van der Waals surface area contributed by atoms with Crippen molar-refractivity contribution in [3.05, 3.63) is 42.0 Å². The molecule has 1 atom stereocenters.